The summed E-state index contributed by atoms with van der Waals surface area (Å²) >= 11 is 0. The molecule has 0 aliphatic carbocycles. The molecular weight excluding hydrogens is 292 g/mol. The summed E-state index contributed by atoms with van der Waals surface area (Å²) in [5.41, 5.74) is 1.56. The number of amides is 1. The van der Waals surface area contributed by atoms with Gasteiger partial charge in [0.2, 0.25) is 0 Å². The van der Waals surface area contributed by atoms with E-state index in [1.165, 1.54) is 12.8 Å². The van der Waals surface area contributed by atoms with Crippen LogP contribution in [0.25, 0.3) is 0 Å². The van der Waals surface area contributed by atoms with Crippen molar-refractivity contribution in [2.75, 3.05) is 26.2 Å². The van der Waals surface area contributed by atoms with Gasteiger partial charge in [-0.25, -0.2) is 4.98 Å². The molecule has 0 unspecified atom stereocenters. The molecule has 6 nitrogen and oxygen atoms in total. The Balaban J connectivity index is 1.68. The predicted molar refractivity (Wildman–Crippen MR) is 88.4 cm³/mol. The molecule has 1 aromatic heterocycles. The van der Waals surface area contributed by atoms with Crippen molar-refractivity contribution in [3.8, 4) is 0 Å². The summed E-state index contributed by atoms with van der Waals surface area (Å²) in [5.74, 6) is 0.810. The Morgan fingerprint density at radius 1 is 1.39 bits per heavy atom. The molecule has 1 amide bonds. The number of hydrogen-bond acceptors (Lipinski definition) is 4. The summed E-state index contributed by atoms with van der Waals surface area (Å²) in [6.45, 7) is 7.13. The third-order valence-electron chi connectivity index (χ3n) is 5.02. The average Bonchev–Trinajstić information content (AvgIpc) is 2.88. The third-order valence-corrected chi connectivity index (χ3v) is 5.02. The number of aliphatic hydroxyl groups excluding tert-OH is 1. The molecule has 3 heterocycles. The van der Waals surface area contributed by atoms with Crippen LogP contribution in [-0.4, -0.2) is 58.2 Å². The Kier molecular flexibility index (Phi) is 4.73. The van der Waals surface area contributed by atoms with Gasteiger partial charge < -0.3 is 15.4 Å². The largest absolute Gasteiger partial charge is 0.395 e. The van der Waals surface area contributed by atoms with Gasteiger partial charge in [0.15, 0.2) is 0 Å². The van der Waals surface area contributed by atoms with Gasteiger partial charge in [0.05, 0.1) is 6.61 Å². The highest BCUT2D eigenvalue weighted by atomic mass is 16.3. The molecule has 0 aromatic carbocycles. The molecular formula is C17H28N4O2. The van der Waals surface area contributed by atoms with E-state index in [1.807, 2.05) is 0 Å². The molecule has 0 radical (unpaired) electrons. The summed E-state index contributed by atoms with van der Waals surface area (Å²) in [5, 5.41) is 12.5. The van der Waals surface area contributed by atoms with Crippen molar-refractivity contribution in [2.45, 2.75) is 52.0 Å². The van der Waals surface area contributed by atoms with Crippen molar-refractivity contribution in [2.24, 2.45) is 5.41 Å². The minimum atomic E-state index is -0.0701. The van der Waals surface area contributed by atoms with E-state index < -0.39 is 0 Å². The maximum atomic E-state index is 12.2. The predicted octanol–water partition coefficient (Wildman–Crippen LogP) is 1.11. The number of likely N-dealkylation sites (tertiary alicyclic amines) is 1. The Morgan fingerprint density at radius 3 is 3.00 bits per heavy atom. The van der Waals surface area contributed by atoms with Gasteiger partial charge in [0.25, 0.3) is 5.91 Å². The van der Waals surface area contributed by atoms with E-state index in [9.17, 15) is 9.90 Å². The molecule has 23 heavy (non-hydrogen) atoms. The number of H-pyrrole nitrogens is 1. The van der Waals surface area contributed by atoms with Crippen molar-refractivity contribution in [3.63, 3.8) is 0 Å². The van der Waals surface area contributed by atoms with E-state index in [0.717, 1.165) is 43.9 Å². The number of fused-ring (bicyclic) bond motifs is 1. The highest BCUT2D eigenvalue weighted by Gasteiger charge is 2.30. The molecule has 128 valence electrons. The minimum Gasteiger partial charge on any atom is -0.395 e. The van der Waals surface area contributed by atoms with Crippen LogP contribution in [-0.2, 0) is 12.8 Å². The van der Waals surface area contributed by atoms with Gasteiger partial charge >= 0.3 is 0 Å². The lowest BCUT2D eigenvalue weighted by Gasteiger charge is -2.34. The maximum absolute atomic E-state index is 12.2. The van der Waals surface area contributed by atoms with E-state index in [2.05, 4.69) is 34.0 Å². The van der Waals surface area contributed by atoms with Crippen LogP contribution < -0.4 is 5.32 Å². The molecule has 3 N–H and O–H groups in total. The molecule has 1 saturated heterocycles. The number of nitrogens with one attached hydrogen (secondary N) is 2. The van der Waals surface area contributed by atoms with E-state index in [-0.39, 0.29) is 24.0 Å². The number of carbonyl (C=O) groups excluding carboxylic acids is 1. The average molecular weight is 320 g/mol. The number of piperidine rings is 1. The van der Waals surface area contributed by atoms with E-state index >= 15 is 0 Å². The van der Waals surface area contributed by atoms with Crippen LogP contribution in [0.2, 0.25) is 0 Å². The summed E-state index contributed by atoms with van der Waals surface area (Å²) in [6.07, 6.45) is 5.09. The Hall–Kier alpha value is -1.40. The summed E-state index contributed by atoms with van der Waals surface area (Å²) in [6, 6.07) is 0.277. The number of imidazole rings is 1. The standard InChI is InChI=1S/C17H28N4O2/c1-17(2)9-13-15(16(23)18-11-17)20-14(19-13)6-8-21-7-4-3-5-12(21)10-22/h12,22H,3-11H2,1-2H3,(H,18,23)(H,19,20)/t12-/m1/s1. The lowest BCUT2D eigenvalue weighted by Crippen LogP contribution is -2.42. The number of aromatic nitrogens is 2. The lowest BCUT2D eigenvalue weighted by atomic mass is 9.88. The third kappa shape index (κ3) is 3.75. The fourth-order valence-corrected chi connectivity index (χ4v) is 3.65. The van der Waals surface area contributed by atoms with Crippen molar-refractivity contribution in [1.82, 2.24) is 20.2 Å². The monoisotopic (exact) mass is 320 g/mol. The normalized spacial score (nSPS) is 24.8. The van der Waals surface area contributed by atoms with Crippen molar-refractivity contribution in [3.05, 3.63) is 17.2 Å². The van der Waals surface area contributed by atoms with E-state index in [4.69, 9.17) is 0 Å². The summed E-state index contributed by atoms with van der Waals surface area (Å²) in [7, 11) is 0. The van der Waals surface area contributed by atoms with Gasteiger partial charge in [0.1, 0.15) is 11.5 Å². The molecule has 1 fully saturated rings. The second kappa shape index (κ2) is 6.61. The van der Waals surface area contributed by atoms with Crippen LogP contribution in [0.1, 0.15) is 55.1 Å². The van der Waals surface area contributed by atoms with E-state index in [0.29, 0.717) is 12.2 Å². The smallest absolute Gasteiger partial charge is 0.271 e. The number of carbonyl (C=O) groups is 1. The zero-order valence-corrected chi connectivity index (χ0v) is 14.2. The first kappa shape index (κ1) is 16.5. The van der Waals surface area contributed by atoms with Crippen LogP contribution in [0.4, 0.5) is 0 Å². The molecule has 1 aromatic rings. The van der Waals surface area contributed by atoms with Gasteiger partial charge in [-0.1, -0.05) is 20.3 Å². The molecule has 1 atom stereocenters. The summed E-state index contributed by atoms with van der Waals surface area (Å²) < 4.78 is 0. The first-order chi connectivity index (χ1) is 11.0. The number of nitrogens with zero attached hydrogens (tertiary/aromatic N) is 2. The molecule has 2 aliphatic heterocycles. The van der Waals surface area contributed by atoms with Gasteiger partial charge in [-0.05, 0) is 31.2 Å². The molecule has 0 saturated carbocycles. The molecule has 6 heteroatoms. The first-order valence-electron chi connectivity index (χ1n) is 8.69. The number of hydrogen-bond donors (Lipinski definition) is 3. The van der Waals surface area contributed by atoms with Crippen LogP contribution in [0, 0.1) is 5.41 Å². The zero-order chi connectivity index (χ0) is 16.4. The quantitative estimate of drug-likeness (QED) is 0.776. The van der Waals surface area contributed by atoms with Crippen molar-refractivity contribution < 1.29 is 9.90 Å². The number of aliphatic hydroxyl groups is 1. The Bertz CT molecular complexity index is 567. The molecule has 0 bridgehead atoms. The first-order valence-corrected chi connectivity index (χ1v) is 8.69. The van der Waals surface area contributed by atoms with Gasteiger partial charge in [-0.3, -0.25) is 9.69 Å². The van der Waals surface area contributed by atoms with E-state index in [1.54, 1.807) is 0 Å². The highest BCUT2D eigenvalue weighted by Crippen LogP contribution is 2.25. The van der Waals surface area contributed by atoms with Crippen molar-refractivity contribution >= 4 is 5.91 Å². The molecule has 2 aliphatic rings. The lowest BCUT2D eigenvalue weighted by molar-refractivity contribution is 0.0908. The van der Waals surface area contributed by atoms with Crippen LogP contribution in [0.5, 0.6) is 0 Å². The SMILES string of the molecule is CC1(C)CNC(=O)c2nc(CCN3CCCC[C@@H]3CO)[nH]c2C1. The topological polar surface area (TPSA) is 81.2 Å². The Morgan fingerprint density at radius 2 is 2.22 bits per heavy atom. The highest BCUT2D eigenvalue weighted by molar-refractivity contribution is 5.93. The fourth-order valence-electron chi connectivity index (χ4n) is 3.65. The second-order valence-corrected chi connectivity index (χ2v) is 7.65. The van der Waals surface area contributed by atoms with Crippen LogP contribution in [0.15, 0.2) is 0 Å². The number of aromatic amines is 1. The van der Waals surface area contributed by atoms with Gasteiger partial charge in [0, 0.05) is 31.2 Å². The minimum absolute atomic E-state index is 0.0412. The number of rotatable bonds is 4. The maximum Gasteiger partial charge on any atom is 0.271 e. The second-order valence-electron chi connectivity index (χ2n) is 7.65. The summed E-state index contributed by atoms with van der Waals surface area (Å²) in [4.78, 5) is 22.4. The van der Waals surface area contributed by atoms with Crippen LogP contribution >= 0.6 is 0 Å². The van der Waals surface area contributed by atoms with Crippen molar-refractivity contribution in [1.29, 1.82) is 0 Å². The Labute approximate surface area is 137 Å². The van der Waals surface area contributed by atoms with Gasteiger partial charge in [-0.2, -0.15) is 0 Å². The molecule has 3 rings (SSSR count). The molecule has 0 spiro atoms. The fraction of sp³-hybridized carbons (Fsp3) is 0.765. The van der Waals surface area contributed by atoms with Crippen LogP contribution in [0.3, 0.4) is 0 Å². The van der Waals surface area contributed by atoms with Gasteiger partial charge in [-0.15, -0.1) is 0 Å². The zero-order valence-electron chi connectivity index (χ0n) is 14.2.